The summed E-state index contributed by atoms with van der Waals surface area (Å²) in [7, 11) is 1.78. The zero-order valence-electron chi connectivity index (χ0n) is 14.1. The van der Waals surface area contributed by atoms with Crippen molar-refractivity contribution in [3.63, 3.8) is 0 Å². The van der Waals surface area contributed by atoms with Gasteiger partial charge in [-0.3, -0.25) is 4.68 Å². The molecule has 2 amide bonds. The number of aliphatic hydroxyl groups is 1. The Labute approximate surface area is 145 Å². The van der Waals surface area contributed by atoms with Gasteiger partial charge in [-0.15, -0.1) is 11.3 Å². The van der Waals surface area contributed by atoms with Crippen molar-refractivity contribution in [2.24, 2.45) is 7.05 Å². The molecule has 0 unspecified atom stereocenters. The van der Waals surface area contributed by atoms with Gasteiger partial charge in [0.1, 0.15) is 5.60 Å². The van der Waals surface area contributed by atoms with Crippen LogP contribution in [0.5, 0.6) is 0 Å². The molecule has 3 N–H and O–H groups in total. The molecule has 3 rings (SSSR count). The number of thiazole rings is 1. The van der Waals surface area contributed by atoms with Crippen molar-refractivity contribution in [1.82, 2.24) is 25.4 Å². The molecule has 0 saturated heterocycles. The quantitative estimate of drug-likeness (QED) is 0.744. The molecule has 0 radical (unpaired) electrons. The van der Waals surface area contributed by atoms with Crippen molar-refractivity contribution in [1.29, 1.82) is 0 Å². The molecule has 2 aromatic rings. The summed E-state index contributed by atoms with van der Waals surface area (Å²) < 4.78 is 1.62. The number of urea groups is 1. The minimum atomic E-state index is -1.17. The van der Waals surface area contributed by atoms with Crippen LogP contribution in [0.3, 0.4) is 0 Å². The number of aryl methyl sites for hydroxylation is 1. The zero-order valence-corrected chi connectivity index (χ0v) is 14.9. The summed E-state index contributed by atoms with van der Waals surface area (Å²) in [6.45, 7) is 3.66. The van der Waals surface area contributed by atoms with Gasteiger partial charge in [0.2, 0.25) is 0 Å². The molecule has 2 heterocycles. The van der Waals surface area contributed by atoms with Crippen LogP contribution >= 0.6 is 11.3 Å². The van der Waals surface area contributed by atoms with Crippen LogP contribution in [0.2, 0.25) is 0 Å². The Morgan fingerprint density at radius 3 is 2.96 bits per heavy atom. The first-order valence-corrected chi connectivity index (χ1v) is 8.94. The van der Waals surface area contributed by atoms with E-state index in [2.05, 4.69) is 20.7 Å². The summed E-state index contributed by atoms with van der Waals surface area (Å²) in [5.41, 5.74) is 0.372. The third-order valence-corrected chi connectivity index (χ3v) is 5.20. The van der Waals surface area contributed by atoms with Crippen LogP contribution in [0.25, 0.3) is 0 Å². The second-order valence-electron chi connectivity index (χ2n) is 6.61. The first kappa shape index (κ1) is 16.9. The summed E-state index contributed by atoms with van der Waals surface area (Å²) in [6.07, 6.45) is 5.77. The summed E-state index contributed by atoms with van der Waals surface area (Å²) in [5.74, 6) is 0.624. The highest BCUT2D eigenvalue weighted by Gasteiger charge is 2.28. The van der Waals surface area contributed by atoms with Crippen molar-refractivity contribution < 1.29 is 9.90 Å². The molecule has 0 spiro atoms. The van der Waals surface area contributed by atoms with Crippen molar-refractivity contribution in [3.8, 4) is 0 Å². The van der Waals surface area contributed by atoms with Crippen molar-refractivity contribution in [3.05, 3.63) is 34.0 Å². The second-order valence-corrected chi connectivity index (χ2v) is 7.50. The van der Waals surface area contributed by atoms with E-state index in [1.807, 2.05) is 12.3 Å². The average Bonchev–Trinajstić information content (AvgIpc) is 3.08. The normalized spacial score (nSPS) is 18.0. The topological polar surface area (TPSA) is 92.1 Å². The van der Waals surface area contributed by atoms with Crippen LogP contribution in [0, 0.1) is 0 Å². The lowest BCUT2D eigenvalue weighted by atomic mass is 10.00. The van der Waals surface area contributed by atoms with Gasteiger partial charge in [0.25, 0.3) is 0 Å². The number of rotatable bonds is 6. The molecule has 2 aromatic heterocycles. The molecule has 8 heteroatoms. The van der Waals surface area contributed by atoms with Gasteiger partial charge in [0.15, 0.2) is 0 Å². The molecule has 7 nitrogen and oxygen atoms in total. The van der Waals surface area contributed by atoms with E-state index in [4.69, 9.17) is 0 Å². The van der Waals surface area contributed by atoms with Gasteiger partial charge in [-0.05, 0) is 26.7 Å². The number of hydrogen-bond donors (Lipinski definition) is 3. The molecular formula is C16H23N5O2S. The smallest absolute Gasteiger partial charge is 0.315 e. The summed E-state index contributed by atoms with van der Waals surface area (Å²) in [6, 6.07) is -0.496. The molecule has 1 aliphatic rings. The van der Waals surface area contributed by atoms with Gasteiger partial charge in [0.05, 0.1) is 29.5 Å². The van der Waals surface area contributed by atoms with Gasteiger partial charge in [0, 0.05) is 30.1 Å². The van der Waals surface area contributed by atoms with Crippen LogP contribution in [0.15, 0.2) is 17.8 Å². The third-order valence-electron chi connectivity index (χ3n) is 4.18. The van der Waals surface area contributed by atoms with E-state index in [9.17, 15) is 9.90 Å². The Bertz CT molecular complexity index is 720. The number of carbonyl (C=O) groups is 1. The molecule has 130 valence electrons. The molecule has 1 saturated carbocycles. The molecule has 0 aliphatic heterocycles. The number of hydrogen-bond acceptors (Lipinski definition) is 5. The molecule has 0 bridgehead atoms. The van der Waals surface area contributed by atoms with Crippen molar-refractivity contribution >= 4 is 17.4 Å². The minimum Gasteiger partial charge on any atom is -0.383 e. The van der Waals surface area contributed by atoms with Gasteiger partial charge in [-0.1, -0.05) is 0 Å². The van der Waals surface area contributed by atoms with Gasteiger partial charge < -0.3 is 15.7 Å². The highest BCUT2D eigenvalue weighted by molar-refractivity contribution is 7.09. The van der Waals surface area contributed by atoms with Crippen molar-refractivity contribution in [2.45, 2.75) is 44.2 Å². The highest BCUT2D eigenvalue weighted by Crippen LogP contribution is 2.41. The minimum absolute atomic E-state index is 0.0988. The monoisotopic (exact) mass is 349 g/mol. The first-order valence-electron chi connectivity index (χ1n) is 8.06. The lowest BCUT2D eigenvalue weighted by Crippen LogP contribution is -2.44. The third kappa shape index (κ3) is 3.93. The van der Waals surface area contributed by atoms with Crippen LogP contribution in [0.4, 0.5) is 4.79 Å². The standard InChI is InChI=1S/C16H23N5O2S/c1-10(13-8-24-14(20-13)11-4-5-11)19-15(22)17-9-16(2,23)12-6-18-21(3)7-12/h6-8,10-11,23H,4-5,9H2,1-3H3,(H2,17,19,22)/t10-,16-/m1/s1. The number of carbonyl (C=O) groups excluding carboxylic acids is 1. The van der Waals surface area contributed by atoms with E-state index in [1.54, 1.807) is 42.4 Å². The highest BCUT2D eigenvalue weighted by atomic mass is 32.1. The van der Waals surface area contributed by atoms with Gasteiger partial charge in [-0.2, -0.15) is 5.10 Å². The van der Waals surface area contributed by atoms with Crippen molar-refractivity contribution in [2.75, 3.05) is 6.54 Å². The molecule has 1 aliphatic carbocycles. The second kappa shape index (κ2) is 6.52. The Morgan fingerprint density at radius 2 is 2.33 bits per heavy atom. The van der Waals surface area contributed by atoms with E-state index >= 15 is 0 Å². The Hall–Kier alpha value is -1.93. The first-order chi connectivity index (χ1) is 11.3. The van der Waals surface area contributed by atoms with Gasteiger partial charge >= 0.3 is 6.03 Å². The van der Waals surface area contributed by atoms with E-state index < -0.39 is 5.60 Å². The fraction of sp³-hybridized carbons (Fsp3) is 0.562. The Kier molecular flexibility index (Phi) is 4.60. The molecule has 2 atom stereocenters. The number of nitrogens with zero attached hydrogens (tertiary/aromatic N) is 3. The predicted molar refractivity (Wildman–Crippen MR) is 91.8 cm³/mol. The maximum absolute atomic E-state index is 12.1. The number of aromatic nitrogens is 3. The van der Waals surface area contributed by atoms with Crippen LogP contribution in [-0.4, -0.2) is 32.4 Å². The predicted octanol–water partition coefficient (Wildman–Crippen LogP) is 2.02. The lowest BCUT2D eigenvalue weighted by molar-refractivity contribution is 0.0592. The maximum atomic E-state index is 12.1. The zero-order chi connectivity index (χ0) is 17.3. The fourth-order valence-electron chi connectivity index (χ4n) is 2.39. The Morgan fingerprint density at radius 1 is 1.58 bits per heavy atom. The van der Waals surface area contributed by atoms with E-state index in [-0.39, 0.29) is 18.6 Å². The number of nitrogens with one attached hydrogen (secondary N) is 2. The lowest BCUT2D eigenvalue weighted by Gasteiger charge is -2.23. The summed E-state index contributed by atoms with van der Waals surface area (Å²) in [5, 5.41) is 23.2. The molecule has 24 heavy (non-hydrogen) atoms. The van der Waals surface area contributed by atoms with Gasteiger partial charge in [-0.25, -0.2) is 9.78 Å². The Balaban J connectivity index is 1.51. The van der Waals surface area contributed by atoms with E-state index in [1.165, 1.54) is 17.8 Å². The SMILES string of the molecule is C[C@@H](NC(=O)NC[C@@](C)(O)c1cnn(C)c1)c1csc(C2CC2)n1. The summed E-state index contributed by atoms with van der Waals surface area (Å²) >= 11 is 1.66. The van der Waals surface area contributed by atoms with E-state index in [0.29, 0.717) is 11.5 Å². The van der Waals surface area contributed by atoms with Crippen LogP contribution < -0.4 is 10.6 Å². The largest absolute Gasteiger partial charge is 0.383 e. The molecular weight excluding hydrogens is 326 g/mol. The molecule has 1 fully saturated rings. The molecule has 0 aromatic carbocycles. The maximum Gasteiger partial charge on any atom is 0.315 e. The van der Waals surface area contributed by atoms with Crippen LogP contribution in [-0.2, 0) is 12.6 Å². The average molecular weight is 349 g/mol. The van der Waals surface area contributed by atoms with Crippen LogP contribution in [0.1, 0.15) is 54.9 Å². The fourth-order valence-corrected chi connectivity index (χ4v) is 3.48. The summed E-state index contributed by atoms with van der Waals surface area (Å²) in [4.78, 5) is 16.7. The number of amides is 2. The van der Waals surface area contributed by atoms with E-state index in [0.717, 1.165) is 5.69 Å².